The Balaban J connectivity index is 1.43. The van der Waals surface area contributed by atoms with Gasteiger partial charge in [0, 0.05) is 19.3 Å². The number of aliphatic hydroxyl groups excluding tert-OH is 1. The lowest BCUT2D eigenvalue weighted by Gasteiger charge is -2.19. The van der Waals surface area contributed by atoms with Crippen molar-refractivity contribution in [1.82, 2.24) is 20.3 Å². The summed E-state index contributed by atoms with van der Waals surface area (Å²) in [6.07, 6.45) is 5.25. The van der Waals surface area contributed by atoms with Gasteiger partial charge in [0.2, 0.25) is 0 Å². The predicted molar refractivity (Wildman–Crippen MR) is 92.1 cm³/mol. The van der Waals surface area contributed by atoms with Crippen LogP contribution in [0.4, 0.5) is 0 Å². The monoisotopic (exact) mass is 330 g/mol. The van der Waals surface area contributed by atoms with Crippen LogP contribution in [0.15, 0.2) is 36.7 Å². The number of ether oxygens (including phenoxy) is 1. The molecule has 0 spiro atoms. The summed E-state index contributed by atoms with van der Waals surface area (Å²) in [5.74, 6) is 1.25. The second-order valence-corrected chi connectivity index (χ2v) is 6.86. The van der Waals surface area contributed by atoms with Crippen molar-refractivity contribution in [2.24, 2.45) is 0 Å². The molecule has 1 aliphatic rings. The summed E-state index contributed by atoms with van der Waals surface area (Å²) >= 11 is 0. The Bertz CT molecular complexity index is 638. The van der Waals surface area contributed by atoms with E-state index in [9.17, 15) is 5.11 Å². The van der Waals surface area contributed by atoms with Crippen molar-refractivity contribution in [3.63, 3.8) is 0 Å². The normalized spacial score (nSPS) is 17.0. The van der Waals surface area contributed by atoms with Crippen molar-refractivity contribution in [1.29, 1.82) is 0 Å². The van der Waals surface area contributed by atoms with Gasteiger partial charge in [-0.25, -0.2) is 4.68 Å². The fraction of sp³-hybridized carbons (Fsp3) is 0.556. The number of nitrogens with zero attached hydrogens (tertiary/aromatic N) is 3. The molecule has 6 nitrogen and oxygen atoms in total. The number of benzene rings is 1. The summed E-state index contributed by atoms with van der Waals surface area (Å²) < 4.78 is 7.73. The standard InChI is InChI=1S/C18H26N4O2/c1-14(2)16-5-3-4-6-17(16)24-12-15(23)11-19-13-18(7-8-18)22-10-9-20-21-22/h3-6,9-10,14-15,19,23H,7-8,11-13H2,1-2H3. The van der Waals surface area contributed by atoms with Crippen LogP contribution in [0.3, 0.4) is 0 Å². The first kappa shape index (κ1) is 16.9. The number of para-hydroxylation sites is 1. The quantitative estimate of drug-likeness (QED) is 0.735. The van der Waals surface area contributed by atoms with Crippen molar-refractivity contribution < 1.29 is 9.84 Å². The Morgan fingerprint density at radius 2 is 2.12 bits per heavy atom. The Labute approximate surface area is 142 Å². The Morgan fingerprint density at radius 3 is 2.79 bits per heavy atom. The highest BCUT2D eigenvalue weighted by Gasteiger charge is 2.45. The lowest BCUT2D eigenvalue weighted by atomic mass is 10.0. The third kappa shape index (κ3) is 3.94. The van der Waals surface area contributed by atoms with Gasteiger partial charge in [-0.05, 0) is 30.4 Å². The average Bonchev–Trinajstić information content (AvgIpc) is 3.15. The van der Waals surface area contributed by atoms with E-state index in [4.69, 9.17) is 4.74 Å². The highest BCUT2D eigenvalue weighted by atomic mass is 16.5. The van der Waals surface area contributed by atoms with E-state index in [-0.39, 0.29) is 12.1 Å². The molecular formula is C18H26N4O2. The van der Waals surface area contributed by atoms with Gasteiger partial charge in [0.1, 0.15) is 18.5 Å². The minimum absolute atomic E-state index is 0.0430. The summed E-state index contributed by atoms with van der Waals surface area (Å²) in [6.45, 7) is 5.85. The summed E-state index contributed by atoms with van der Waals surface area (Å²) in [7, 11) is 0. The highest BCUT2D eigenvalue weighted by molar-refractivity contribution is 5.35. The fourth-order valence-corrected chi connectivity index (χ4v) is 2.90. The number of aliphatic hydroxyl groups is 1. The van der Waals surface area contributed by atoms with Crippen LogP contribution in [-0.2, 0) is 5.54 Å². The SMILES string of the molecule is CC(C)c1ccccc1OCC(O)CNCC1(n2ccnn2)CC1. The van der Waals surface area contributed by atoms with E-state index in [2.05, 4.69) is 35.5 Å². The van der Waals surface area contributed by atoms with Gasteiger partial charge in [-0.2, -0.15) is 0 Å². The highest BCUT2D eigenvalue weighted by Crippen LogP contribution is 2.41. The molecule has 1 saturated carbocycles. The van der Waals surface area contributed by atoms with Crippen molar-refractivity contribution in [3.8, 4) is 5.75 Å². The molecule has 24 heavy (non-hydrogen) atoms. The molecule has 1 fully saturated rings. The molecule has 6 heteroatoms. The molecule has 2 N–H and O–H groups in total. The van der Waals surface area contributed by atoms with E-state index in [1.807, 2.05) is 29.1 Å². The van der Waals surface area contributed by atoms with Crippen LogP contribution in [0, 0.1) is 0 Å². The predicted octanol–water partition coefficient (Wildman–Crippen LogP) is 1.92. The van der Waals surface area contributed by atoms with E-state index in [0.29, 0.717) is 12.5 Å². The number of rotatable bonds is 9. The van der Waals surface area contributed by atoms with Crippen molar-refractivity contribution in [2.45, 2.75) is 44.2 Å². The lowest BCUT2D eigenvalue weighted by molar-refractivity contribution is 0.104. The van der Waals surface area contributed by atoms with Crippen LogP contribution in [0.2, 0.25) is 0 Å². The zero-order chi connectivity index (χ0) is 17.0. The molecule has 0 saturated heterocycles. The number of hydrogen-bond donors (Lipinski definition) is 2. The second kappa shape index (κ2) is 7.32. The summed E-state index contributed by atoms with van der Waals surface area (Å²) in [6, 6.07) is 8.00. The Morgan fingerprint density at radius 1 is 1.33 bits per heavy atom. The number of hydrogen-bond acceptors (Lipinski definition) is 5. The third-order valence-electron chi connectivity index (χ3n) is 4.54. The van der Waals surface area contributed by atoms with Crippen molar-refractivity contribution in [2.75, 3.05) is 19.7 Å². The van der Waals surface area contributed by atoms with Crippen LogP contribution < -0.4 is 10.1 Å². The molecule has 130 valence electrons. The molecular weight excluding hydrogens is 304 g/mol. The molecule has 3 rings (SSSR count). The molecule has 1 aliphatic carbocycles. The van der Waals surface area contributed by atoms with E-state index in [1.165, 1.54) is 5.56 Å². The largest absolute Gasteiger partial charge is 0.491 e. The summed E-state index contributed by atoms with van der Waals surface area (Å²) in [4.78, 5) is 0. The summed E-state index contributed by atoms with van der Waals surface area (Å²) in [5, 5.41) is 21.5. The smallest absolute Gasteiger partial charge is 0.122 e. The van der Waals surface area contributed by atoms with Gasteiger partial charge in [-0.3, -0.25) is 0 Å². The molecule has 1 aromatic carbocycles. The van der Waals surface area contributed by atoms with E-state index < -0.39 is 6.10 Å². The Hall–Kier alpha value is -1.92. The molecule has 1 aromatic heterocycles. The number of aromatic nitrogens is 3. The molecule has 0 radical (unpaired) electrons. The minimum Gasteiger partial charge on any atom is -0.491 e. The minimum atomic E-state index is -0.545. The zero-order valence-electron chi connectivity index (χ0n) is 14.4. The van der Waals surface area contributed by atoms with Gasteiger partial charge in [-0.1, -0.05) is 37.3 Å². The first-order valence-electron chi connectivity index (χ1n) is 8.58. The van der Waals surface area contributed by atoms with E-state index in [1.54, 1.807) is 6.20 Å². The maximum Gasteiger partial charge on any atom is 0.122 e. The molecule has 1 heterocycles. The first-order valence-corrected chi connectivity index (χ1v) is 8.58. The van der Waals surface area contributed by atoms with Crippen LogP contribution >= 0.6 is 0 Å². The molecule has 1 unspecified atom stereocenters. The summed E-state index contributed by atoms with van der Waals surface area (Å²) in [5.41, 5.74) is 1.21. The molecule has 0 aliphatic heterocycles. The van der Waals surface area contributed by atoms with E-state index >= 15 is 0 Å². The zero-order valence-corrected chi connectivity index (χ0v) is 14.4. The van der Waals surface area contributed by atoms with Crippen LogP contribution in [0.1, 0.15) is 38.2 Å². The van der Waals surface area contributed by atoms with E-state index in [0.717, 1.165) is 25.1 Å². The van der Waals surface area contributed by atoms with Gasteiger partial charge in [-0.15, -0.1) is 5.10 Å². The van der Waals surface area contributed by atoms with Crippen LogP contribution in [0.25, 0.3) is 0 Å². The topological polar surface area (TPSA) is 72.2 Å². The van der Waals surface area contributed by atoms with Crippen molar-refractivity contribution in [3.05, 3.63) is 42.2 Å². The van der Waals surface area contributed by atoms with Gasteiger partial charge < -0.3 is 15.2 Å². The number of nitrogens with one attached hydrogen (secondary N) is 1. The average molecular weight is 330 g/mol. The van der Waals surface area contributed by atoms with Crippen LogP contribution in [0.5, 0.6) is 5.75 Å². The van der Waals surface area contributed by atoms with Gasteiger partial charge in [0.05, 0.1) is 11.7 Å². The van der Waals surface area contributed by atoms with Crippen LogP contribution in [-0.4, -0.2) is 45.9 Å². The van der Waals surface area contributed by atoms with Gasteiger partial charge >= 0.3 is 0 Å². The molecule has 1 atom stereocenters. The lowest BCUT2D eigenvalue weighted by Crippen LogP contribution is -2.38. The fourth-order valence-electron chi connectivity index (χ4n) is 2.90. The first-order chi connectivity index (χ1) is 11.6. The maximum absolute atomic E-state index is 10.2. The third-order valence-corrected chi connectivity index (χ3v) is 4.54. The van der Waals surface area contributed by atoms with Gasteiger partial charge in [0.25, 0.3) is 0 Å². The molecule has 0 bridgehead atoms. The Kier molecular flexibility index (Phi) is 5.16. The second-order valence-electron chi connectivity index (χ2n) is 6.86. The van der Waals surface area contributed by atoms with Crippen molar-refractivity contribution >= 4 is 0 Å². The molecule has 2 aromatic rings. The maximum atomic E-state index is 10.2. The molecule has 0 amide bonds. The van der Waals surface area contributed by atoms with Gasteiger partial charge in [0.15, 0.2) is 0 Å².